The van der Waals surface area contributed by atoms with Crippen molar-refractivity contribution in [3.63, 3.8) is 0 Å². The second kappa shape index (κ2) is 10.5. The van der Waals surface area contributed by atoms with Gasteiger partial charge in [0.1, 0.15) is 12.4 Å². The van der Waals surface area contributed by atoms with Crippen LogP contribution in [-0.2, 0) is 11.3 Å². The standard InChI is InChI=1S/C22H15F4IN4O2/c1-2-7-33-31-22(32)14-9-12(8-11-5-6-29-21(28)18(11)25)17(24)19(26)20(14)30-16-4-3-13(27)10-15(16)23/h1,3-6,9-10,30H,7-8H2,(H2,28,29)(H,31,32)/i7D2. The van der Waals surface area contributed by atoms with E-state index in [2.05, 4.69) is 15.1 Å². The van der Waals surface area contributed by atoms with Gasteiger partial charge in [0.15, 0.2) is 23.3 Å². The third-order valence-corrected chi connectivity index (χ3v) is 5.02. The van der Waals surface area contributed by atoms with Crippen LogP contribution < -0.4 is 16.5 Å². The van der Waals surface area contributed by atoms with Crippen molar-refractivity contribution >= 4 is 45.7 Å². The van der Waals surface area contributed by atoms with Gasteiger partial charge in [-0.05, 0) is 64.0 Å². The number of rotatable bonds is 7. The number of aromatic nitrogens is 1. The molecule has 0 spiro atoms. The number of hydrogen-bond acceptors (Lipinski definition) is 5. The van der Waals surface area contributed by atoms with Crippen LogP contribution in [0.25, 0.3) is 0 Å². The molecule has 0 saturated carbocycles. The Morgan fingerprint density at radius 1 is 1.18 bits per heavy atom. The Hall–Kier alpha value is -3.37. The van der Waals surface area contributed by atoms with Crippen molar-refractivity contribution in [2.45, 2.75) is 6.42 Å². The van der Waals surface area contributed by atoms with Gasteiger partial charge in [-0.25, -0.2) is 28.0 Å². The Labute approximate surface area is 202 Å². The summed E-state index contributed by atoms with van der Waals surface area (Å²) in [5, 5.41) is 2.33. The number of halogens is 5. The van der Waals surface area contributed by atoms with Crippen LogP contribution in [0.3, 0.4) is 0 Å². The Kier molecular flexibility index (Phi) is 6.83. The number of pyridine rings is 1. The van der Waals surface area contributed by atoms with Crippen molar-refractivity contribution in [2.75, 3.05) is 17.6 Å². The van der Waals surface area contributed by atoms with Crippen LogP contribution in [0.2, 0.25) is 0 Å². The van der Waals surface area contributed by atoms with Crippen LogP contribution in [-0.4, -0.2) is 17.5 Å². The van der Waals surface area contributed by atoms with Crippen molar-refractivity contribution in [1.29, 1.82) is 0 Å². The lowest BCUT2D eigenvalue weighted by molar-refractivity contribution is 0.0438. The van der Waals surface area contributed by atoms with E-state index in [0.29, 0.717) is 3.57 Å². The highest BCUT2D eigenvalue weighted by Gasteiger charge is 2.24. The molecule has 3 aromatic rings. The molecule has 11 heteroatoms. The maximum atomic E-state index is 15.2. The molecule has 33 heavy (non-hydrogen) atoms. The second-order valence-electron chi connectivity index (χ2n) is 6.46. The molecule has 3 rings (SSSR count). The van der Waals surface area contributed by atoms with Crippen LogP contribution in [0, 0.1) is 39.2 Å². The molecule has 0 fully saturated rings. The summed E-state index contributed by atoms with van der Waals surface area (Å²) in [6.07, 6.45) is 5.60. The molecule has 1 aromatic heterocycles. The molecule has 0 bridgehead atoms. The number of nitrogen functional groups attached to an aromatic ring is 1. The van der Waals surface area contributed by atoms with Gasteiger partial charge >= 0.3 is 0 Å². The van der Waals surface area contributed by atoms with E-state index in [-0.39, 0.29) is 11.3 Å². The number of benzene rings is 2. The van der Waals surface area contributed by atoms with E-state index in [1.54, 1.807) is 11.4 Å². The van der Waals surface area contributed by atoms with Gasteiger partial charge in [-0.15, -0.1) is 6.42 Å². The van der Waals surface area contributed by atoms with E-state index in [0.717, 1.165) is 12.1 Å². The predicted molar refractivity (Wildman–Crippen MR) is 122 cm³/mol. The van der Waals surface area contributed by atoms with E-state index in [1.807, 2.05) is 22.6 Å². The lowest BCUT2D eigenvalue weighted by Crippen LogP contribution is -2.25. The smallest absolute Gasteiger partial charge is 0.277 e. The second-order valence-corrected chi connectivity index (χ2v) is 7.71. The van der Waals surface area contributed by atoms with Gasteiger partial charge in [-0.3, -0.25) is 9.63 Å². The Bertz CT molecular complexity index is 1350. The van der Waals surface area contributed by atoms with Gasteiger partial charge in [-0.2, -0.15) is 0 Å². The summed E-state index contributed by atoms with van der Waals surface area (Å²) in [5.74, 6) is -4.86. The number of hydroxylamine groups is 1. The maximum Gasteiger partial charge on any atom is 0.277 e. The largest absolute Gasteiger partial charge is 0.381 e. The monoisotopic (exact) mass is 572 g/mol. The number of terminal acetylenes is 1. The number of carbonyl (C=O) groups excluding carboxylic acids is 1. The van der Waals surface area contributed by atoms with Crippen LogP contribution >= 0.6 is 22.6 Å². The number of hydrogen-bond donors (Lipinski definition) is 3. The van der Waals surface area contributed by atoms with Crippen molar-refractivity contribution in [2.24, 2.45) is 0 Å². The molecule has 170 valence electrons. The van der Waals surface area contributed by atoms with E-state index >= 15 is 4.39 Å². The summed E-state index contributed by atoms with van der Waals surface area (Å²) in [5.41, 5.74) is 4.89. The van der Waals surface area contributed by atoms with Gasteiger partial charge in [0, 0.05) is 16.2 Å². The third-order valence-electron chi connectivity index (χ3n) is 4.35. The van der Waals surface area contributed by atoms with Gasteiger partial charge in [0.2, 0.25) is 0 Å². The van der Waals surface area contributed by atoms with E-state index < -0.39 is 64.8 Å². The zero-order valence-corrected chi connectivity index (χ0v) is 18.6. The molecule has 0 atom stereocenters. The number of nitrogens with one attached hydrogen (secondary N) is 2. The molecule has 4 N–H and O–H groups in total. The number of amides is 1. The van der Waals surface area contributed by atoms with Crippen molar-refractivity contribution in [1.82, 2.24) is 10.5 Å². The van der Waals surface area contributed by atoms with E-state index in [4.69, 9.17) is 14.9 Å². The fourth-order valence-corrected chi connectivity index (χ4v) is 3.29. The summed E-state index contributed by atoms with van der Waals surface area (Å²) in [6.45, 7) is -2.72. The van der Waals surface area contributed by atoms with Crippen LogP contribution in [0.4, 0.5) is 34.8 Å². The predicted octanol–water partition coefficient (Wildman–Crippen LogP) is 4.45. The summed E-state index contributed by atoms with van der Waals surface area (Å²) >= 11 is 1.85. The van der Waals surface area contributed by atoms with Gasteiger partial charge in [-0.1, -0.05) is 5.92 Å². The highest BCUT2D eigenvalue weighted by Crippen LogP contribution is 2.32. The molecule has 0 aliphatic rings. The Morgan fingerprint density at radius 2 is 1.94 bits per heavy atom. The molecule has 2 aromatic carbocycles. The topological polar surface area (TPSA) is 89.3 Å². The molecule has 0 unspecified atom stereocenters. The quantitative estimate of drug-likeness (QED) is 0.169. The number of carbonyl (C=O) groups is 1. The van der Waals surface area contributed by atoms with E-state index in [9.17, 15) is 18.0 Å². The van der Waals surface area contributed by atoms with Crippen molar-refractivity contribution in [3.05, 3.63) is 80.1 Å². The average molecular weight is 572 g/mol. The first-order valence-electron chi connectivity index (χ1n) is 10.0. The van der Waals surface area contributed by atoms with Crippen LogP contribution in [0.1, 0.15) is 24.2 Å². The zero-order chi connectivity index (χ0) is 25.9. The minimum atomic E-state index is -2.72. The summed E-state index contributed by atoms with van der Waals surface area (Å²) in [4.78, 5) is 20.8. The van der Waals surface area contributed by atoms with Crippen LogP contribution in [0.15, 0.2) is 36.5 Å². The van der Waals surface area contributed by atoms with Gasteiger partial charge in [0.05, 0.1) is 19.7 Å². The molecule has 0 radical (unpaired) electrons. The highest BCUT2D eigenvalue weighted by atomic mass is 127. The first-order chi connectivity index (χ1) is 16.4. The van der Waals surface area contributed by atoms with Gasteiger partial charge < -0.3 is 11.1 Å². The molecular weight excluding hydrogens is 555 g/mol. The highest BCUT2D eigenvalue weighted by molar-refractivity contribution is 14.1. The molecule has 0 aliphatic heterocycles. The van der Waals surface area contributed by atoms with Crippen molar-refractivity contribution in [3.8, 4) is 12.3 Å². The first kappa shape index (κ1) is 21.5. The SMILES string of the molecule is [2H]C([2H])(C#C)ONC(=O)c1cc(Cc2ccnc(N)c2F)c(F)c(F)c1Nc1ccc(I)cc1F. The summed E-state index contributed by atoms with van der Waals surface area (Å²) in [7, 11) is 0. The number of anilines is 3. The molecule has 6 nitrogen and oxygen atoms in total. The zero-order valence-electron chi connectivity index (χ0n) is 18.5. The average Bonchev–Trinajstić information content (AvgIpc) is 2.81. The molecule has 1 heterocycles. The van der Waals surface area contributed by atoms with Crippen LogP contribution in [0.5, 0.6) is 0 Å². The molecule has 1 amide bonds. The number of nitrogens with two attached hydrogens (primary N) is 1. The maximum absolute atomic E-state index is 15.2. The Balaban J connectivity index is 2.10. The van der Waals surface area contributed by atoms with Crippen molar-refractivity contribution < 1.29 is 29.9 Å². The fraction of sp³-hybridized carbons (Fsp3) is 0.0909. The third kappa shape index (κ3) is 5.52. The molecule has 0 saturated heterocycles. The molecular formula is C22H15F4IN4O2. The Morgan fingerprint density at radius 3 is 2.64 bits per heavy atom. The van der Waals surface area contributed by atoms with E-state index in [1.165, 1.54) is 24.4 Å². The minimum Gasteiger partial charge on any atom is -0.381 e. The minimum absolute atomic E-state index is 0.133. The first-order valence-corrected chi connectivity index (χ1v) is 10.1. The number of nitrogens with zero attached hydrogens (tertiary/aromatic N) is 1. The summed E-state index contributed by atoms with van der Waals surface area (Å²) < 4.78 is 74.1. The fourth-order valence-electron chi connectivity index (χ4n) is 2.83. The summed E-state index contributed by atoms with van der Waals surface area (Å²) in [6, 6.07) is 5.92. The molecule has 0 aliphatic carbocycles. The van der Waals surface area contributed by atoms with Gasteiger partial charge in [0.25, 0.3) is 5.91 Å². The lowest BCUT2D eigenvalue weighted by atomic mass is 10.00. The normalized spacial score (nSPS) is 11.9. The lowest BCUT2D eigenvalue weighted by Gasteiger charge is -2.17.